The number of nitrogens with two attached hydrogens (primary N) is 2. The zero-order chi connectivity index (χ0) is 63.0. The third kappa shape index (κ3) is 14.5. The van der Waals surface area contributed by atoms with Gasteiger partial charge in [-0.15, -0.1) is 0 Å². The zero-order valence-electron chi connectivity index (χ0n) is 49.9. The van der Waals surface area contributed by atoms with E-state index in [0.29, 0.717) is 111 Å². The summed E-state index contributed by atoms with van der Waals surface area (Å²) in [4.78, 5) is 58.9. The first-order valence-corrected chi connectivity index (χ1v) is 29.8. The number of carboxylic acids is 1. The number of fused-ring (bicyclic) bond motifs is 2. The van der Waals surface area contributed by atoms with Crippen molar-refractivity contribution in [3.05, 3.63) is 180 Å². The fourth-order valence-electron chi connectivity index (χ4n) is 10.8. The molecule has 91 heavy (non-hydrogen) atoms. The van der Waals surface area contributed by atoms with Gasteiger partial charge in [-0.3, -0.25) is 4.79 Å². The van der Waals surface area contributed by atoms with Crippen LogP contribution in [-0.4, -0.2) is 106 Å². The fraction of sp³-hybridized carbons (Fsp3) is 0.273. The molecule has 25 heteroatoms. The zero-order valence-corrected chi connectivity index (χ0v) is 49.9. The van der Waals surface area contributed by atoms with Crippen molar-refractivity contribution in [2.45, 2.75) is 104 Å². The minimum Gasteiger partial charge on any atom is -0.489 e. The molecule has 0 bridgehead atoms. The summed E-state index contributed by atoms with van der Waals surface area (Å²) in [5, 5.41) is 22.8. The van der Waals surface area contributed by atoms with Crippen LogP contribution < -0.4 is 35.7 Å². The predicted molar refractivity (Wildman–Crippen MR) is 334 cm³/mol. The Morgan fingerprint density at radius 3 is 1.49 bits per heavy atom. The number of aromatic nitrogens is 12. The molecule has 10 aromatic rings. The maximum atomic E-state index is 14.4. The summed E-state index contributed by atoms with van der Waals surface area (Å²) in [6, 6.07) is 23.5. The first kappa shape index (κ1) is 60.5. The molecule has 6 N–H and O–H groups in total. The third-order valence-electron chi connectivity index (χ3n) is 15.7. The number of nitrogen functional groups attached to an aromatic ring is 2. The van der Waals surface area contributed by atoms with E-state index < -0.39 is 17.6 Å². The lowest BCUT2D eigenvalue weighted by Crippen LogP contribution is -2.39. The number of rotatable bonds is 18. The SMILES string of the molecule is Cc1ncc(COc2cc(F)cc(Oc3ccc(-c4nn(C[C@H]5CCCN5)c5ncnc(N)c45)cc3)c2)cn1.Cc1ncc(COc2cc(F)cc(Oc3ccc(-c4nn(C[C@H]5CCCN5C(=O)C5=CCC5)c5ncnc(N)c45)cc3)c2)cn1.O=C(O)C1=CCC1. The second-order valence-electron chi connectivity index (χ2n) is 22.3. The third-order valence-corrected chi connectivity index (χ3v) is 15.7. The maximum absolute atomic E-state index is 14.4. The van der Waals surface area contributed by atoms with E-state index in [1.165, 1.54) is 36.9 Å². The molecule has 2 aliphatic heterocycles. The van der Waals surface area contributed by atoms with Crippen molar-refractivity contribution in [1.82, 2.24) is 69.6 Å². The van der Waals surface area contributed by atoms with Gasteiger partial charge in [-0.05, 0) is 120 Å². The largest absolute Gasteiger partial charge is 0.489 e. The number of anilines is 2. The van der Waals surface area contributed by atoms with Crippen molar-refractivity contribution in [3.63, 3.8) is 0 Å². The van der Waals surface area contributed by atoms with Gasteiger partial charge < -0.3 is 45.7 Å². The van der Waals surface area contributed by atoms with Crippen molar-refractivity contribution in [2.24, 2.45) is 0 Å². The fourth-order valence-corrected chi connectivity index (χ4v) is 10.8. The van der Waals surface area contributed by atoms with E-state index in [9.17, 15) is 18.4 Å². The summed E-state index contributed by atoms with van der Waals surface area (Å²) in [6.45, 7) is 6.97. The number of carbonyl (C=O) groups excluding carboxylic acids is 1. The molecular weight excluding hydrogens is 1170 g/mol. The Hall–Kier alpha value is -10.8. The van der Waals surface area contributed by atoms with Gasteiger partial charge in [0.1, 0.15) is 107 Å². The molecule has 4 aromatic carbocycles. The van der Waals surface area contributed by atoms with Gasteiger partial charge in [0.2, 0.25) is 5.91 Å². The quantitative estimate of drug-likeness (QED) is 0.0620. The minimum absolute atomic E-state index is 0.0206. The van der Waals surface area contributed by atoms with Crippen LogP contribution in [0.2, 0.25) is 0 Å². The van der Waals surface area contributed by atoms with Crippen LogP contribution in [-0.2, 0) is 35.9 Å². The Morgan fingerprint density at radius 2 is 1.07 bits per heavy atom. The molecule has 14 rings (SSSR count). The first-order chi connectivity index (χ1) is 44.2. The number of allylic oxidation sites excluding steroid dienone is 2. The number of nitrogens with one attached hydrogen (secondary N) is 1. The lowest BCUT2D eigenvalue weighted by molar-refractivity contribution is -0.133. The molecule has 2 aliphatic carbocycles. The van der Waals surface area contributed by atoms with Gasteiger partial charge in [0, 0.05) is 107 Å². The summed E-state index contributed by atoms with van der Waals surface area (Å²) in [5.74, 6) is 2.75. The number of amides is 1. The highest BCUT2D eigenvalue weighted by Gasteiger charge is 2.33. The van der Waals surface area contributed by atoms with Crippen molar-refractivity contribution in [2.75, 3.05) is 24.6 Å². The van der Waals surface area contributed by atoms with Gasteiger partial charge in [-0.2, -0.15) is 10.2 Å². The highest BCUT2D eigenvalue weighted by atomic mass is 19.1. The Morgan fingerprint density at radius 1 is 0.593 bits per heavy atom. The average molecular weight is 1230 g/mol. The molecule has 4 aliphatic rings. The van der Waals surface area contributed by atoms with Crippen LogP contribution in [0.5, 0.6) is 34.5 Å². The number of carboxylic acid groups (broad SMARTS) is 1. The Labute approximate surface area is 520 Å². The van der Waals surface area contributed by atoms with Crippen molar-refractivity contribution < 1.29 is 42.4 Å². The second-order valence-corrected chi connectivity index (χ2v) is 22.3. The van der Waals surface area contributed by atoms with Crippen LogP contribution >= 0.6 is 0 Å². The summed E-state index contributed by atoms with van der Waals surface area (Å²) in [6.07, 6.45) is 21.0. The van der Waals surface area contributed by atoms with E-state index in [2.05, 4.69) is 45.2 Å². The number of nitrogens with zero attached hydrogens (tertiary/aromatic N) is 13. The van der Waals surface area contributed by atoms with Gasteiger partial charge in [0.15, 0.2) is 11.3 Å². The highest BCUT2D eigenvalue weighted by molar-refractivity contribution is 5.99. The number of ether oxygens (including phenoxy) is 4. The van der Waals surface area contributed by atoms with Crippen molar-refractivity contribution in [1.29, 1.82) is 0 Å². The average Bonchev–Trinajstić information content (AvgIpc) is 1.67. The van der Waals surface area contributed by atoms with Gasteiger partial charge >= 0.3 is 5.97 Å². The molecule has 23 nitrogen and oxygen atoms in total. The molecule has 0 saturated carbocycles. The summed E-state index contributed by atoms with van der Waals surface area (Å²) in [5.41, 5.74) is 19.9. The summed E-state index contributed by atoms with van der Waals surface area (Å²) < 4.78 is 55.8. The molecule has 2 fully saturated rings. The van der Waals surface area contributed by atoms with E-state index in [1.54, 1.807) is 81.1 Å². The number of hydrogen-bond donors (Lipinski definition) is 4. The van der Waals surface area contributed by atoms with Crippen LogP contribution in [0.15, 0.2) is 146 Å². The maximum Gasteiger partial charge on any atom is 0.331 e. The number of benzene rings is 4. The van der Waals surface area contributed by atoms with Gasteiger partial charge in [0.05, 0.1) is 29.9 Å². The number of halogens is 2. The number of likely N-dealkylation sites (tertiary alicyclic amines) is 1. The van der Waals surface area contributed by atoms with Gasteiger partial charge in [-0.1, -0.05) is 12.2 Å². The van der Waals surface area contributed by atoms with Crippen LogP contribution in [0.25, 0.3) is 44.6 Å². The molecule has 8 heterocycles. The summed E-state index contributed by atoms with van der Waals surface area (Å²) >= 11 is 0. The van der Waals surface area contributed by atoms with Crippen molar-refractivity contribution in [3.8, 4) is 57.0 Å². The molecule has 2 saturated heterocycles. The van der Waals surface area contributed by atoms with E-state index in [0.717, 1.165) is 97.7 Å². The molecule has 0 unspecified atom stereocenters. The molecule has 6 aromatic heterocycles. The Bertz CT molecular complexity index is 4330. The van der Waals surface area contributed by atoms with Crippen LogP contribution in [0.4, 0.5) is 20.4 Å². The predicted octanol–water partition coefficient (Wildman–Crippen LogP) is 10.6. The lowest BCUT2D eigenvalue weighted by atomic mass is 9.97. The standard InChI is InChI=1S/C33H31FN8O3.C28H27FN8O2.C5H6O2/c1-20-36-15-21(16-37-20)18-44-27-12-24(34)13-28(14-27)45-26-9-7-22(8-10-26)30-29-31(35)38-19-39-32(29)42(40-30)17-25-6-3-11-41(25)33(43)23-4-2-5-23;1-17-32-12-18(13-33-17)15-38-23-9-20(29)10-24(11-23)39-22-6-4-19(5-7-22)26-25-27(30)34-16-35-28(25)37(36-26)14-21-3-2-8-31-21;6-5(7)4-2-1-3-4/h4,7-10,12-16,19,25H,2-3,5-6,11,17-18H2,1H3,(H2,35,38,39);4-7,9-13,16,21,31H,2-3,8,14-15H2,1H3,(H2,30,34,35);2H,1,3H2,(H,6,7)/t25-;21-;/m11./s1. The van der Waals surface area contributed by atoms with E-state index in [4.69, 9.17) is 45.7 Å². The molecule has 1 amide bonds. The van der Waals surface area contributed by atoms with Crippen LogP contribution in [0.1, 0.15) is 74.1 Å². The first-order valence-electron chi connectivity index (χ1n) is 29.8. The monoisotopic (exact) mass is 1230 g/mol. The highest BCUT2D eigenvalue weighted by Crippen LogP contribution is 2.37. The topological polar surface area (TPSA) is 297 Å². The lowest BCUT2D eigenvalue weighted by Gasteiger charge is -2.27. The van der Waals surface area contributed by atoms with Gasteiger partial charge in [0.25, 0.3) is 0 Å². The van der Waals surface area contributed by atoms with Gasteiger partial charge in [-0.25, -0.2) is 62.8 Å². The van der Waals surface area contributed by atoms with E-state index in [-0.39, 0.29) is 25.2 Å². The Balaban J connectivity index is 0.000000160. The molecule has 464 valence electrons. The van der Waals surface area contributed by atoms with Crippen molar-refractivity contribution >= 4 is 45.6 Å². The number of carbonyl (C=O) groups is 2. The van der Waals surface area contributed by atoms with E-state index >= 15 is 0 Å². The molecule has 2 atom stereocenters. The normalized spacial score (nSPS) is 15.7. The smallest absolute Gasteiger partial charge is 0.331 e. The van der Waals surface area contributed by atoms with E-state index in [1.807, 2.05) is 44.6 Å². The Kier molecular flexibility index (Phi) is 18.1. The number of aliphatic carboxylic acids is 1. The number of hydrogen-bond acceptors (Lipinski definition) is 19. The molecule has 0 radical (unpaired) electrons. The minimum atomic E-state index is -0.758. The molecule has 0 spiro atoms. The summed E-state index contributed by atoms with van der Waals surface area (Å²) in [7, 11) is 0. The van der Waals surface area contributed by atoms with Crippen LogP contribution in [0, 0.1) is 25.5 Å². The second kappa shape index (κ2) is 27.3. The van der Waals surface area contributed by atoms with Crippen LogP contribution in [0.3, 0.4) is 0 Å². The number of aryl methyl sites for hydroxylation is 2. The molecular formula is C66H64F2N16O7.